The number of ether oxygens (including phenoxy) is 1. The van der Waals surface area contributed by atoms with Crippen molar-refractivity contribution in [1.29, 1.82) is 0 Å². The van der Waals surface area contributed by atoms with Crippen LogP contribution in [0.2, 0.25) is 5.02 Å². The zero-order valence-corrected chi connectivity index (χ0v) is 13.1. The van der Waals surface area contributed by atoms with Crippen LogP contribution in [0.1, 0.15) is 37.3 Å². The molecule has 0 atom stereocenters. The Labute approximate surface area is 130 Å². The quantitative estimate of drug-likeness (QED) is 0.574. The predicted octanol–water partition coefficient (Wildman–Crippen LogP) is 5.00. The van der Waals surface area contributed by atoms with Crippen molar-refractivity contribution in [2.24, 2.45) is 0 Å². The van der Waals surface area contributed by atoms with Crippen LogP contribution in [-0.2, 0) is 11.2 Å². The molecule has 0 unspecified atom stereocenters. The van der Waals surface area contributed by atoms with Gasteiger partial charge in [-0.2, -0.15) is 0 Å². The number of carbonyl (C=O) groups is 1. The number of esters is 1. The third kappa shape index (κ3) is 4.91. The Bertz CT molecular complexity index is 586. The van der Waals surface area contributed by atoms with Crippen LogP contribution < -0.4 is 4.74 Å². The Balaban J connectivity index is 1.85. The molecule has 0 aliphatic rings. The molecule has 2 aromatic rings. The summed E-state index contributed by atoms with van der Waals surface area (Å²) in [4.78, 5) is 11.8. The summed E-state index contributed by atoms with van der Waals surface area (Å²) in [5.74, 6) is 0.849. The van der Waals surface area contributed by atoms with Gasteiger partial charge in [-0.25, -0.2) is 0 Å². The van der Waals surface area contributed by atoms with Crippen molar-refractivity contribution < 1.29 is 9.53 Å². The van der Waals surface area contributed by atoms with Crippen LogP contribution in [0.25, 0.3) is 0 Å². The largest absolute Gasteiger partial charge is 0.427 e. The summed E-state index contributed by atoms with van der Waals surface area (Å²) < 4.78 is 5.33. The van der Waals surface area contributed by atoms with Crippen molar-refractivity contribution in [2.45, 2.75) is 32.6 Å². The highest BCUT2D eigenvalue weighted by atomic mass is 35.5. The van der Waals surface area contributed by atoms with Crippen molar-refractivity contribution in [3.63, 3.8) is 0 Å². The van der Waals surface area contributed by atoms with Gasteiger partial charge < -0.3 is 4.74 Å². The summed E-state index contributed by atoms with van der Waals surface area (Å²) in [6.45, 7) is 4.26. The van der Waals surface area contributed by atoms with Gasteiger partial charge in [0.1, 0.15) is 5.75 Å². The third-order valence-corrected chi connectivity index (χ3v) is 3.56. The Hall–Kier alpha value is -1.80. The van der Waals surface area contributed by atoms with E-state index < -0.39 is 0 Å². The first-order valence-electron chi connectivity index (χ1n) is 7.09. The maximum absolute atomic E-state index is 11.8. The molecule has 0 aliphatic carbocycles. The van der Waals surface area contributed by atoms with Gasteiger partial charge in [-0.1, -0.05) is 49.7 Å². The van der Waals surface area contributed by atoms with E-state index in [-0.39, 0.29) is 5.97 Å². The lowest BCUT2D eigenvalue weighted by molar-refractivity contribution is -0.134. The van der Waals surface area contributed by atoms with Crippen molar-refractivity contribution in [2.75, 3.05) is 0 Å². The second-order valence-corrected chi connectivity index (χ2v) is 5.76. The van der Waals surface area contributed by atoms with Crippen molar-refractivity contribution in [1.82, 2.24) is 0 Å². The number of hydrogen-bond donors (Lipinski definition) is 0. The number of aryl methyl sites for hydroxylation is 1. The first kappa shape index (κ1) is 15.6. The summed E-state index contributed by atoms with van der Waals surface area (Å²) in [5.41, 5.74) is 2.31. The standard InChI is InChI=1S/C18H19ClO2/c1-13(2)15-6-10-17(11-7-15)21-18(20)12-5-14-3-8-16(19)9-4-14/h3-4,6-11,13H,5,12H2,1-2H3. The molecule has 2 aromatic carbocycles. The molecular formula is C18H19ClO2. The minimum absolute atomic E-state index is 0.220. The SMILES string of the molecule is CC(C)c1ccc(OC(=O)CCc2ccc(Cl)cc2)cc1. The fourth-order valence-corrected chi connectivity index (χ4v) is 2.13. The van der Waals surface area contributed by atoms with Gasteiger partial charge in [0.15, 0.2) is 0 Å². The van der Waals surface area contributed by atoms with Gasteiger partial charge in [-0.3, -0.25) is 4.79 Å². The van der Waals surface area contributed by atoms with Gasteiger partial charge in [-0.15, -0.1) is 0 Å². The van der Waals surface area contributed by atoms with Crippen molar-refractivity contribution >= 4 is 17.6 Å². The number of hydrogen-bond acceptors (Lipinski definition) is 2. The van der Waals surface area contributed by atoms with Crippen LogP contribution in [0, 0.1) is 0 Å². The van der Waals surface area contributed by atoms with E-state index in [4.69, 9.17) is 16.3 Å². The van der Waals surface area contributed by atoms with Gasteiger partial charge in [0.25, 0.3) is 0 Å². The normalized spacial score (nSPS) is 10.7. The van der Waals surface area contributed by atoms with Gasteiger partial charge in [0, 0.05) is 11.4 Å². The molecule has 0 aliphatic heterocycles. The summed E-state index contributed by atoms with van der Waals surface area (Å²) in [6.07, 6.45) is 1.01. The molecule has 2 nitrogen and oxygen atoms in total. The molecule has 0 bridgehead atoms. The summed E-state index contributed by atoms with van der Waals surface area (Å²) in [7, 11) is 0. The average Bonchev–Trinajstić information content (AvgIpc) is 2.47. The van der Waals surface area contributed by atoms with Crippen LogP contribution in [0.4, 0.5) is 0 Å². The van der Waals surface area contributed by atoms with Crippen molar-refractivity contribution in [3.05, 3.63) is 64.7 Å². The lowest BCUT2D eigenvalue weighted by Crippen LogP contribution is -2.09. The molecule has 0 aromatic heterocycles. The molecule has 0 radical (unpaired) electrons. The molecular weight excluding hydrogens is 284 g/mol. The minimum atomic E-state index is -0.220. The van der Waals surface area contributed by atoms with E-state index in [1.807, 2.05) is 48.5 Å². The highest BCUT2D eigenvalue weighted by Gasteiger charge is 2.06. The zero-order chi connectivity index (χ0) is 15.2. The lowest BCUT2D eigenvalue weighted by Gasteiger charge is -2.08. The fourth-order valence-electron chi connectivity index (χ4n) is 2.00. The monoisotopic (exact) mass is 302 g/mol. The Kier molecular flexibility index (Phi) is 5.40. The molecule has 0 spiro atoms. The number of rotatable bonds is 5. The molecule has 0 saturated heterocycles. The van der Waals surface area contributed by atoms with E-state index in [0.29, 0.717) is 29.5 Å². The van der Waals surface area contributed by atoms with Crippen molar-refractivity contribution in [3.8, 4) is 5.75 Å². The second-order valence-electron chi connectivity index (χ2n) is 5.32. The van der Waals surface area contributed by atoms with Gasteiger partial charge >= 0.3 is 5.97 Å². The molecule has 3 heteroatoms. The molecule has 21 heavy (non-hydrogen) atoms. The second kappa shape index (κ2) is 7.28. The first-order chi connectivity index (χ1) is 10.0. The maximum atomic E-state index is 11.8. The topological polar surface area (TPSA) is 26.3 Å². The van der Waals surface area contributed by atoms with E-state index in [0.717, 1.165) is 5.56 Å². The third-order valence-electron chi connectivity index (χ3n) is 3.31. The zero-order valence-electron chi connectivity index (χ0n) is 12.3. The highest BCUT2D eigenvalue weighted by molar-refractivity contribution is 6.30. The fraction of sp³-hybridized carbons (Fsp3) is 0.278. The van der Waals surface area contributed by atoms with Crippen LogP contribution in [-0.4, -0.2) is 5.97 Å². The van der Waals surface area contributed by atoms with E-state index in [1.54, 1.807) is 0 Å². The summed E-state index contributed by atoms with van der Waals surface area (Å²) in [5, 5.41) is 0.701. The predicted molar refractivity (Wildman–Crippen MR) is 85.9 cm³/mol. The van der Waals surface area contributed by atoms with Crippen LogP contribution in [0.3, 0.4) is 0 Å². The average molecular weight is 303 g/mol. The van der Waals surface area contributed by atoms with E-state index >= 15 is 0 Å². The Morgan fingerprint density at radius 1 is 1.05 bits per heavy atom. The molecule has 0 fully saturated rings. The molecule has 2 rings (SSSR count). The molecule has 0 saturated carbocycles. The Morgan fingerprint density at radius 2 is 1.67 bits per heavy atom. The highest BCUT2D eigenvalue weighted by Crippen LogP contribution is 2.19. The molecule has 0 heterocycles. The summed E-state index contributed by atoms with van der Waals surface area (Å²) in [6, 6.07) is 15.2. The van der Waals surface area contributed by atoms with E-state index in [2.05, 4.69) is 13.8 Å². The van der Waals surface area contributed by atoms with E-state index in [1.165, 1.54) is 5.56 Å². The first-order valence-corrected chi connectivity index (χ1v) is 7.47. The van der Waals surface area contributed by atoms with Crippen LogP contribution in [0.15, 0.2) is 48.5 Å². The number of carbonyl (C=O) groups excluding carboxylic acids is 1. The lowest BCUT2D eigenvalue weighted by atomic mass is 10.0. The maximum Gasteiger partial charge on any atom is 0.311 e. The minimum Gasteiger partial charge on any atom is -0.427 e. The van der Waals surface area contributed by atoms with Crippen LogP contribution in [0.5, 0.6) is 5.75 Å². The molecule has 0 amide bonds. The van der Waals surface area contributed by atoms with Crippen LogP contribution >= 0.6 is 11.6 Å². The summed E-state index contributed by atoms with van der Waals surface area (Å²) >= 11 is 5.82. The molecule has 110 valence electrons. The number of benzene rings is 2. The molecule has 0 N–H and O–H groups in total. The van der Waals surface area contributed by atoms with Gasteiger partial charge in [0.05, 0.1) is 0 Å². The Morgan fingerprint density at radius 3 is 2.24 bits per heavy atom. The van der Waals surface area contributed by atoms with E-state index in [9.17, 15) is 4.79 Å². The smallest absolute Gasteiger partial charge is 0.311 e. The number of halogens is 1. The van der Waals surface area contributed by atoms with Gasteiger partial charge in [0.2, 0.25) is 0 Å². The van der Waals surface area contributed by atoms with Gasteiger partial charge in [-0.05, 0) is 47.7 Å².